The Bertz CT molecular complexity index is 1410. The van der Waals surface area contributed by atoms with Crippen molar-refractivity contribution in [1.29, 1.82) is 0 Å². The van der Waals surface area contributed by atoms with E-state index >= 15 is 4.39 Å². The molecule has 7 nitrogen and oxygen atoms in total. The number of nitrogens with one attached hydrogen (secondary N) is 1. The lowest BCUT2D eigenvalue weighted by Gasteiger charge is -2.36. The summed E-state index contributed by atoms with van der Waals surface area (Å²) in [5.41, 5.74) is -0.360. The second-order valence-corrected chi connectivity index (χ2v) is 10.9. The molecule has 0 amide bonds. The van der Waals surface area contributed by atoms with Gasteiger partial charge in [-0.3, -0.25) is 0 Å². The van der Waals surface area contributed by atoms with E-state index in [1.165, 1.54) is 12.1 Å². The van der Waals surface area contributed by atoms with E-state index in [0.29, 0.717) is 24.0 Å². The van der Waals surface area contributed by atoms with E-state index in [0.717, 1.165) is 38.2 Å². The monoisotopic (exact) mass is 576 g/mol. The number of piperidine rings is 1. The van der Waals surface area contributed by atoms with Crippen molar-refractivity contribution in [1.82, 2.24) is 14.9 Å². The first kappa shape index (κ1) is 28.8. The van der Waals surface area contributed by atoms with Crippen LogP contribution in [0.25, 0.3) is 11.3 Å². The van der Waals surface area contributed by atoms with Crippen molar-refractivity contribution < 1.29 is 26.7 Å². The van der Waals surface area contributed by atoms with Gasteiger partial charge in [-0.25, -0.2) is 18.7 Å². The van der Waals surface area contributed by atoms with E-state index in [-0.39, 0.29) is 41.3 Å². The van der Waals surface area contributed by atoms with Crippen LogP contribution in [0.3, 0.4) is 0 Å². The number of hydrogen-bond donors (Lipinski definition) is 1. The minimum absolute atomic E-state index is 0.0715. The molecule has 2 aliphatic heterocycles. The number of ether oxygens (including phenoxy) is 1. The van der Waals surface area contributed by atoms with Crippen LogP contribution in [0, 0.1) is 11.6 Å². The molecular formula is C29H33F5N6O. The SMILES string of the molecule is CC(C)N1CCOc2c1cc(-c1nc(Nc3ccc(N4CCC(N(C)C)CC4)c(F)c3)ncc1F)cc2C(F)(F)F. The van der Waals surface area contributed by atoms with Crippen molar-refractivity contribution in [3.05, 3.63) is 53.7 Å². The standard InChI is InChI=1S/C29H33F5N6O/c1-17(2)40-11-12-41-27-21(29(32,33)34)13-18(14-25(27)40)26-23(31)16-35-28(37-26)36-19-5-6-24(22(30)15-19)39-9-7-20(8-10-39)38(3)4/h5-6,13-17,20H,7-12H2,1-4H3,(H,35,36,37). The van der Waals surface area contributed by atoms with Crippen molar-refractivity contribution in [3.8, 4) is 17.0 Å². The Morgan fingerprint density at radius 3 is 2.37 bits per heavy atom. The maximum atomic E-state index is 15.1. The Morgan fingerprint density at radius 1 is 1.00 bits per heavy atom. The molecule has 2 aliphatic rings. The summed E-state index contributed by atoms with van der Waals surface area (Å²) in [6.45, 7) is 5.68. The third-order valence-electron chi connectivity index (χ3n) is 7.64. The highest BCUT2D eigenvalue weighted by Gasteiger charge is 2.39. The number of alkyl halides is 3. The molecule has 3 heterocycles. The molecule has 0 bridgehead atoms. The van der Waals surface area contributed by atoms with Gasteiger partial charge in [0.05, 0.1) is 24.1 Å². The molecule has 0 radical (unpaired) electrons. The van der Waals surface area contributed by atoms with Crippen LogP contribution in [0.1, 0.15) is 32.3 Å². The number of hydrogen-bond acceptors (Lipinski definition) is 7. The number of fused-ring (bicyclic) bond motifs is 1. The Kier molecular flexibility index (Phi) is 7.95. The summed E-state index contributed by atoms with van der Waals surface area (Å²) in [6, 6.07) is 7.28. The van der Waals surface area contributed by atoms with Gasteiger partial charge >= 0.3 is 6.18 Å². The lowest BCUT2D eigenvalue weighted by atomic mass is 10.0. The van der Waals surface area contributed by atoms with Gasteiger partial charge in [0.15, 0.2) is 11.6 Å². The summed E-state index contributed by atoms with van der Waals surface area (Å²) in [4.78, 5) is 14.1. The van der Waals surface area contributed by atoms with Gasteiger partial charge in [-0.1, -0.05) is 0 Å². The molecule has 1 fully saturated rings. The number of aromatic nitrogens is 2. The van der Waals surface area contributed by atoms with Gasteiger partial charge in [0, 0.05) is 36.4 Å². The molecule has 1 N–H and O–H groups in total. The molecule has 5 rings (SSSR count). The molecule has 0 unspecified atom stereocenters. The number of rotatable bonds is 6. The summed E-state index contributed by atoms with van der Waals surface area (Å²) in [6.07, 6.45) is -1.99. The van der Waals surface area contributed by atoms with Gasteiger partial charge in [0.2, 0.25) is 5.95 Å². The van der Waals surface area contributed by atoms with E-state index in [2.05, 4.69) is 20.2 Å². The van der Waals surface area contributed by atoms with Gasteiger partial charge in [-0.05, 0) is 71.1 Å². The quantitative estimate of drug-likeness (QED) is 0.345. The van der Waals surface area contributed by atoms with E-state index in [1.54, 1.807) is 17.0 Å². The Morgan fingerprint density at radius 2 is 1.73 bits per heavy atom. The summed E-state index contributed by atoms with van der Waals surface area (Å²) < 4.78 is 77.6. The summed E-state index contributed by atoms with van der Waals surface area (Å²) in [5.74, 6) is -1.68. The molecule has 0 spiro atoms. The predicted molar refractivity (Wildman–Crippen MR) is 149 cm³/mol. The zero-order valence-corrected chi connectivity index (χ0v) is 23.4. The topological polar surface area (TPSA) is 56.8 Å². The maximum Gasteiger partial charge on any atom is 0.420 e. The first-order valence-corrected chi connectivity index (χ1v) is 13.6. The average molecular weight is 577 g/mol. The smallest absolute Gasteiger partial charge is 0.420 e. The van der Waals surface area contributed by atoms with Crippen LogP contribution < -0.4 is 19.9 Å². The van der Waals surface area contributed by atoms with Crippen LogP contribution in [-0.2, 0) is 6.18 Å². The van der Waals surface area contributed by atoms with Crippen LogP contribution in [0.4, 0.5) is 45.0 Å². The van der Waals surface area contributed by atoms with Crippen molar-refractivity contribution >= 4 is 23.0 Å². The fraction of sp³-hybridized carbons (Fsp3) is 0.448. The Hall–Kier alpha value is -3.67. The van der Waals surface area contributed by atoms with Gasteiger partial charge in [-0.2, -0.15) is 13.2 Å². The minimum atomic E-state index is -4.73. The van der Waals surface area contributed by atoms with Crippen LogP contribution in [-0.4, -0.2) is 67.3 Å². The van der Waals surface area contributed by atoms with Crippen LogP contribution in [0.2, 0.25) is 0 Å². The molecule has 1 saturated heterocycles. The molecular weight excluding hydrogens is 543 g/mol. The maximum absolute atomic E-state index is 15.1. The third kappa shape index (κ3) is 6.02. The second-order valence-electron chi connectivity index (χ2n) is 10.9. The van der Waals surface area contributed by atoms with E-state index < -0.39 is 23.4 Å². The zero-order valence-electron chi connectivity index (χ0n) is 23.4. The molecule has 0 saturated carbocycles. The molecule has 220 valence electrons. The van der Waals surface area contributed by atoms with Crippen molar-refractivity contribution in [2.75, 3.05) is 55.5 Å². The first-order chi connectivity index (χ1) is 19.4. The minimum Gasteiger partial charge on any atom is -0.489 e. The lowest BCUT2D eigenvalue weighted by molar-refractivity contribution is -0.139. The number of halogens is 5. The highest BCUT2D eigenvalue weighted by Crippen LogP contribution is 2.46. The van der Waals surface area contributed by atoms with E-state index in [4.69, 9.17) is 4.74 Å². The lowest BCUT2D eigenvalue weighted by Crippen LogP contribution is -2.42. The van der Waals surface area contributed by atoms with Crippen molar-refractivity contribution in [2.45, 2.75) is 44.9 Å². The van der Waals surface area contributed by atoms with Crippen LogP contribution in [0.15, 0.2) is 36.5 Å². The predicted octanol–water partition coefficient (Wildman–Crippen LogP) is 6.32. The molecule has 1 aromatic heterocycles. The fourth-order valence-electron chi connectivity index (χ4n) is 5.45. The highest BCUT2D eigenvalue weighted by molar-refractivity contribution is 5.75. The molecule has 0 aliphatic carbocycles. The fourth-order valence-corrected chi connectivity index (χ4v) is 5.45. The van der Waals surface area contributed by atoms with Crippen molar-refractivity contribution in [2.24, 2.45) is 0 Å². The molecule has 41 heavy (non-hydrogen) atoms. The molecule has 2 aromatic carbocycles. The van der Waals surface area contributed by atoms with Gasteiger partial charge in [0.25, 0.3) is 0 Å². The third-order valence-corrected chi connectivity index (χ3v) is 7.64. The number of benzene rings is 2. The van der Waals surface area contributed by atoms with E-state index in [1.807, 2.05) is 32.8 Å². The summed E-state index contributed by atoms with van der Waals surface area (Å²) in [7, 11) is 4.08. The normalized spacial score (nSPS) is 16.3. The largest absolute Gasteiger partial charge is 0.489 e. The molecule has 12 heteroatoms. The Labute approximate surface area is 235 Å². The highest BCUT2D eigenvalue weighted by atomic mass is 19.4. The van der Waals surface area contributed by atoms with Gasteiger partial charge in [0.1, 0.15) is 23.7 Å². The molecule has 0 atom stereocenters. The molecule has 3 aromatic rings. The number of nitrogens with zero attached hydrogens (tertiary/aromatic N) is 5. The van der Waals surface area contributed by atoms with Gasteiger partial charge in [-0.15, -0.1) is 0 Å². The average Bonchev–Trinajstić information content (AvgIpc) is 2.92. The van der Waals surface area contributed by atoms with Gasteiger partial charge < -0.3 is 24.8 Å². The first-order valence-electron chi connectivity index (χ1n) is 13.6. The van der Waals surface area contributed by atoms with E-state index in [9.17, 15) is 17.6 Å². The number of anilines is 4. The van der Waals surface area contributed by atoms with Crippen LogP contribution in [0.5, 0.6) is 5.75 Å². The second kappa shape index (κ2) is 11.3. The zero-order chi connectivity index (χ0) is 29.5. The summed E-state index contributed by atoms with van der Waals surface area (Å²) in [5, 5.41) is 2.86. The van der Waals surface area contributed by atoms with Crippen molar-refractivity contribution in [3.63, 3.8) is 0 Å². The summed E-state index contributed by atoms with van der Waals surface area (Å²) >= 11 is 0. The van der Waals surface area contributed by atoms with Crippen LogP contribution >= 0.6 is 0 Å². The Balaban J connectivity index is 1.43.